The molecule has 0 amide bonds. The summed E-state index contributed by atoms with van der Waals surface area (Å²) in [5.41, 5.74) is 1.23. The molecule has 126 valence electrons. The van der Waals surface area contributed by atoms with E-state index in [1.807, 2.05) is 42.2 Å². The molecule has 6 heteroatoms. The molecule has 0 saturated carbocycles. The van der Waals surface area contributed by atoms with Gasteiger partial charge in [-0.05, 0) is 31.0 Å². The fourth-order valence-corrected chi connectivity index (χ4v) is 3.05. The van der Waals surface area contributed by atoms with Crippen LogP contribution in [-0.2, 0) is 6.54 Å². The molecule has 4 aromatic rings. The van der Waals surface area contributed by atoms with Gasteiger partial charge in [-0.3, -0.25) is 4.68 Å². The summed E-state index contributed by atoms with van der Waals surface area (Å²) in [5.74, 6) is 2.49. The van der Waals surface area contributed by atoms with E-state index in [0.29, 0.717) is 0 Å². The molecule has 0 spiro atoms. The van der Waals surface area contributed by atoms with Gasteiger partial charge in [0.1, 0.15) is 18.4 Å². The summed E-state index contributed by atoms with van der Waals surface area (Å²) in [5, 5.41) is 4.21. The fourth-order valence-electron chi connectivity index (χ4n) is 3.05. The Kier molecular flexibility index (Phi) is 4.16. The predicted molar refractivity (Wildman–Crippen MR) is 93.9 cm³/mol. The predicted octanol–water partition coefficient (Wildman–Crippen LogP) is 3.72. The third-order valence-electron chi connectivity index (χ3n) is 4.25. The van der Waals surface area contributed by atoms with Gasteiger partial charge in [0, 0.05) is 18.9 Å². The Morgan fingerprint density at radius 1 is 1.12 bits per heavy atom. The number of benzene rings is 1. The highest BCUT2D eigenvalue weighted by molar-refractivity contribution is 5.48. The second kappa shape index (κ2) is 6.76. The smallest absolute Gasteiger partial charge is 0.176 e. The van der Waals surface area contributed by atoms with Crippen molar-refractivity contribution in [2.24, 2.45) is 0 Å². The van der Waals surface area contributed by atoms with Gasteiger partial charge in [-0.15, -0.1) is 0 Å². The summed E-state index contributed by atoms with van der Waals surface area (Å²) in [6.45, 7) is 2.71. The maximum atomic E-state index is 5.79. The SMILES string of the molecule is Cc1ccc(-c2nccn2[C@@H](CCn2cncn2)c2ccccc2)o1. The Hall–Kier alpha value is -3.15. The van der Waals surface area contributed by atoms with Crippen LogP contribution in [0.2, 0.25) is 0 Å². The van der Waals surface area contributed by atoms with Crippen LogP contribution in [0.5, 0.6) is 0 Å². The lowest BCUT2D eigenvalue weighted by Gasteiger charge is -2.21. The van der Waals surface area contributed by atoms with Crippen molar-refractivity contribution < 1.29 is 4.42 Å². The normalized spacial score (nSPS) is 12.4. The number of hydrogen-bond acceptors (Lipinski definition) is 4. The Morgan fingerprint density at radius 2 is 2.00 bits per heavy atom. The van der Waals surface area contributed by atoms with Gasteiger partial charge in [0.2, 0.25) is 0 Å². The van der Waals surface area contributed by atoms with Gasteiger partial charge in [0.05, 0.1) is 6.04 Å². The van der Waals surface area contributed by atoms with Crippen molar-refractivity contribution in [3.8, 4) is 11.6 Å². The van der Waals surface area contributed by atoms with Gasteiger partial charge in [-0.2, -0.15) is 5.10 Å². The molecular weight excluding hydrogens is 314 g/mol. The van der Waals surface area contributed by atoms with E-state index in [1.165, 1.54) is 5.56 Å². The summed E-state index contributed by atoms with van der Waals surface area (Å²) < 4.78 is 9.82. The average Bonchev–Trinajstić information content (AvgIpc) is 3.37. The van der Waals surface area contributed by atoms with E-state index in [0.717, 1.165) is 30.3 Å². The summed E-state index contributed by atoms with van der Waals surface area (Å²) in [4.78, 5) is 8.55. The van der Waals surface area contributed by atoms with E-state index in [9.17, 15) is 0 Å². The number of nitrogens with zero attached hydrogens (tertiary/aromatic N) is 5. The van der Waals surface area contributed by atoms with Crippen molar-refractivity contribution in [1.29, 1.82) is 0 Å². The zero-order chi connectivity index (χ0) is 17.1. The van der Waals surface area contributed by atoms with Crippen molar-refractivity contribution in [2.45, 2.75) is 25.9 Å². The van der Waals surface area contributed by atoms with Crippen LogP contribution < -0.4 is 0 Å². The quantitative estimate of drug-likeness (QED) is 0.539. The fraction of sp³-hybridized carbons (Fsp3) is 0.211. The molecule has 0 radical (unpaired) electrons. The molecule has 1 aromatic carbocycles. The zero-order valence-electron chi connectivity index (χ0n) is 14.0. The zero-order valence-corrected chi connectivity index (χ0v) is 14.0. The Morgan fingerprint density at radius 3 is 2.72 bits per heavy atom. The summed E-state index contributed by atoms with van der Waals surface area (Å²) >= 11 is 0. The van der Waals surface area contributed by atoms with Crippen LogP contribution in [0, 0.1) is 6.92 Å². The Balaban J connectivity index is 1.70. The average molecular weight is 333 g/mol. The van der Waals surface area contributed by atoms with Crippen molar-refractivity contribution in [1.82, 2.24) is 24.3 Å². The van der Waals surface area contributed by atoms with Crippen molar-refractivity contribution >= 4 is 0 Å². The molecule has 4 rings (SSSR count). The molecule has 0 aliphatic carbocycles. The lowest BCUT2D eigenvalue weighted by Crippen LogP contribution is -2.14. The first-order chi connectivity index (χ1) is 12.3. The first-order valence-electron chi connectivity index (χ1n) is 8.28. The first kappa shape index (κ1) is 15.4. The van der Waals surface area contributed by atoms with Crippen LogP contribution in [0.15, 0.2) is 71.9 Å². The van der Waals surface area contributed by atoms with E-state index in [1.54, 1.807) is 12.7 Å². The van der Waals surface area contributed by atoms with Crippen LogP contribution >= 0.6 is 0 Å². The number of rotatable bonds is 6. The maximum absolute atomic E-state index is 5.79. The van der Waals surface area contributed by atoms with Crippen LogP contribution in [0.1, 0.15) is 23.8 Å². The lowest BCUT2D eigenvalue weighted by molar-refractivity contribution is 0.464. The molecule has 3 heterocycles. The molecule has 3 aromatic heterocycles. The number of furan rings is 1. The molecular formula is C19H19N5O. The number of hydrogen-bond donors (Lipinski definition) is 0. The highest BCUT2D eigenvalue weighted by atomic mass is 16.3. The minimum atomic E-state index is 0.133. The lowest BCUT2D eigenvalue weighted by atomic mass is 10.0. The maximum Gasteiger partial charge on any atom is 0.176 e. The van der Waals surface area contributed by atoms with Crippen LogP contribution in [-0.4, -0.2) is 24.3 Å². The summed E-state index contributed by atoms with van der Waals surface area (Å²) in [7, 11) is 0. The van der Waals surface area contributed by atoms with E-state index in [4.69, 9.17) is 4.42 Å². The molecule has 0 aliphatic heterocycles. The van der Waals surface area contributed by atoms with E-state index >= 15 is 0 Å². The Bertz CT molecular complexity index is 924. The molecule has 0 aliphatic rings. The molecule has 1 atom stereocenters. The van der Waals surface area contributed by atoms with Gasteiger partial charge in [0.25, 0.3) is 0 Å². The standard InChI is InChI=1S/C19H19N5O/c1-15-7-8-18(25-15)19-21-10-12-24(19)17(16-5-3-2-4-6-16)9-11-23-14-20-13-22-23/h2-8,10,12-14,17H,9,11H2,1H3/t17-/m0/s1. The van der Waals surface area contributed by atoms with Crippen molar-refractivity contribution in [3.05, 3.63) is 78.8 Å². The van der Waals surface area contributed by atoms with Crippen LogP contribution in [0.4, 0.5) is 0 Å². The number of aromatic nitrogens is 5. The van der Waals surface area contributed by atoms with Gasteiger partial charge in [-0.25, -0.2) is 9.97 Å². The minimum Gasteiger partial charge on any atom is -0.458 e. The Labute approximate surface area is 145 Å². The molecule has 0 fully saturated rings. The molecule has 0 saturated heterocycles. The molecule has 0 bridgehead atoms. The largest absolute Gasteiger partial charge is 0.458 e. The molecule has 0 unspecified atom stereocenters. The highest BCUT2D eigenvalue weighted by Gasteiger charge is 2.19. The molecule has 25 heavy (non-hydrogen) atoms. The highest BCUT2D eigenvalue weighted by Crippen LogP contribution is 2.29. The number of imidazole rings is 1. The monoisotopic (exact) mass is 333 g/mol. The van der Waals surface area contributed by atoms with E-state index in [-0.39, 0.29) is 6.04 Å². The van der Waals surface area contributed by atoms with Crippen molar-refractivity contribution in [2.75, 3.05) is 0 Å². The topological polar surface area (TPSA) is 61.7 Å². The summed E-state index contributed by atoms with van der Waals surface area (Å²) in [6, 6.07) is 14.5. The van der Waals surface area contributed by atoms with E-state index in [2.05, 4.69) is 43.9 Å². The molecule has 6 nitrogen and oxygen atoms in total. The van der Waals surface area contributed by atoms with Crippen molar-refractivity contribution in [3.63, 3.8) is 0 Å². The van der Waals surface area contributed by atoms with Crippen LogP contribution in [0.25, 0.3) is 11.6 Å². The van der Waals surface area contributed by atoms with Gasteiger partial charge in [0.15, 0.2) is 11.6 Å². The first-order valence-corrected chi connectivity index (χ1v) is 8.28. The third kappa shape index (κ3) is 3.24. The summed E-state index contributed by atoms with van der Waals surface area (Å²) in [6.07, 6.45) is 8.00. The second-order valence-electron chi connectivity index (χ2n) is 5.94. The van der Waals surface area contributed by atoms with Gasteiger partial charge >= 0.3 is 0 Å². The molecule has 0 N–H and O–H groups in total. The minimum absolute atomic E-state index is 0.133. The third-order valence-corrected chi connectivity index (χ3v) is 4.25. The van der Waals surface area contributed by atoms with Gasteiger partial charge < -0.3 is 8.98 Å². The second-order valence-corrected chi connectivity index (χ2v) is 5.94. The van der Waals surface area contributed by atoms with Crippen LogP contribution in [0.3, 0.4) is 0 Å². The number of aryl methyl sites for hydroxylation is 2. The van der Waals surface area contributed by atoms with Gasteiger partial charge in [-0.1, -0.05) is 30.3 Å². The van der Waals surface area contributed by atoms with E-state index < -0.39 is 0 Å².